The monoisotopic (exact) mass is 262 g/mol. The van der Waals surface area contributed by atoms with Crippen LogP contribution in [0.2, 0.25) is 0 Å². The molecule has 19 heavy (non-hydrogen) atoms. The smallest absolute Gasteiger partial charge is 0.128 e. The van der Waals surface area contributed by atoms with Gasteiger partial charge in [-0.15, -0.1) is 0 Å². The average molecular weight is 262 g/mol. The first-order valence-corrected chi connectivity index (χ1v) is 7.10. The van der Waals surface area contributed by atoms with Crippen LogP contribution in [-0.2, 0) is 6.54 Å². The van der Waals surface area contributed by atoms with E-state index >= 15 is 0 Å². The molecule has 0 spiro atoms. The quantitative estimate of drug-likeness (QED) is 0.899. The van der Waals surface area contributed by atoms with Crippen LogP contribution in [0.3, 0.4) is 0 Å². The van der Waals surface area contributed by atoms with Gasteiger partial charge >= 0.3 is 0 Å². The molecule has 2 heterocycles. The van der Waals surface area contributed by atoms with Gasteiger partial charge in [0.1, 0.15) is 5.82 Å². The van der Waals surface area contributed by atoms with Gasteiger partial charge in [-0.2, -0.15) is 0 Å². The van der Waals surface area contributed by atoms with Crippen LogP contribution in [0.15, 0.2) is 18.3 Å². The SMILES string of the molecule is CNCc1ccnc(N2CCN(C(C)(C)C)CC2)c1. The van der Waals surface area contributed by atoms with Crippen molar-refractivity contribution in [1.29, 1.82) is 0 Å². The molecule has 0 saturated carbocycles. The fourth-order valence-electron chi connectivity index (χ4n) is 2.55. The first-order valence-electron chi connectivity index (χ1n) is 7.10. The van der Waals surface area contributed by atoms with Crippen molar-refractivity contribution in [2.24, 2.45) is 0 Å². The van der Waals surface area contributed by atoms with Crippen LogP contribution in [0.1, 0.15) is 26.3 Å². The summed E-state index contributed by atoms with van der Waals surface area (Å²) in [7, 11) is 1.97. The molecule has 1 aromatic rings. The maximum absolute atomic E-state index is 4.51. The summed E-state index contributed by atoms with van der Waals surface area (Å²) < 4.78 is 0. The highest BCUT2D eigenvalue weighted by molar-refractivity contribution is 5.41. The summed E-state index contributed by atoms with van der Waals surface area (Å²) in [6, 6.07) is 4.27. The van der Waals surface area contributed by atoms with Crippen molar-refractivity contribution in [3.05, 3.63) is 23.9 Å². The summed E-state index contributed by atoms with van der Waals surface area (Å²) in [5.41, 5.74) is 1.57. The van der Waals surface area contributed by atoms with Crippen molar-refractivity contribution in [3.63, 3.8) is 0 Å². The Kier molecular flexibility index (Phi) is 4.42. The largest absolute Gasteiger partial charge is 0.354 e. The number of anilines is 1. The molecule has 0 unspecified atom stereocenters. The van der Waals surface area contributed by atoms with Gasteiger partial charge in [0.05, 0.1) is 0 Å². The third-order valence-corrected chi connectivity index (χ3v) is 3.74. The number of aromatic nitrogens is 1. The van der Waals surface area contributed by atoms with E-state index in [1.54, 1.807) is 0 Å². The molecular formula is C15H26N4. The van der Waals surface area contributed by atoms with E-state index in [2.05, 4.69) is 53.0 Å². The molecule has 1 aliphatic heterocycles. The molecule has 0 aromatic carbocycles. The molecule has 106 valence electrons. The van der Waals surface area contributed by atoms with Crippen LogP contribution in [0.5, 0.6) is 0 Å². The zero-order valence-electron chi connectivity index (χ0n) is 12.6. The van der Waals surface area contributed by atoms with E-state index in [0.29, 0.717) is 0 Å². The molecular weight excluding hydrogens is 236 g/mol. The lowest BCUT2D eigenvalue weighted by molar-refractivity contribution is 0.128. The fraction of sp³-hybridized carbons (Fsp3) is 0.667. The molecule has 0 radical (unpaired) electrons. The molecule has 0 bridgehead atoms. The Balaban J connectivity index is 1.99. The van der Waals surface area contributed by atoms with Gasteiger partial charge in [-0.1, -0.05) is 0 Å². The standard InChI is InChI=1S/C15H26N4/c1-15(2,3)19-9-7-18(8-10-19)14-11-13(12-16-4)5-6-17-14/h5-6,11,16H,7-10,12H2,1-4H3. The van der Waals surface area contributed by atoms with E-state index in [1.807, 2.05) is 13.2 Å². The molecule has 2 rings (SSSR count). The van der Waals surface area contributed by atoms with E-state index in [1.165, 1.54) is 5.56 Å². The molecule has 1 aliphatic rings. The van der Waals surface area contributed by atoms with E-state index in [0.717, 1.165) is 38.5 Å². The lowest BCUT2D eigenvalue weighted by atomic mass is 10.0. The van der Waals surface area contributed by atoms with Crippen LogP contribution in [-0.4, -0.2) is 48.6 Å². The molecule has 1 fully saturated rings. The molecule has 1 aromatic heterocycles. The van der Waals surface area contributed by atoms with Gasteiger partial charge in [0.25, 0.3) is 0 Å². The minimum Gasteiger partial charge on any atom is -0.354 e. The summed E-state index contributed by atoms with van der Waals surface area (Å²) >= 11 is 0. The highest BCUT2D eigenvalue weighted by Crippen LogP contribution is 2.19. The van der Waals surface area contributed by atoms with Crippen molar-refractivity contribution in [1.82, 2.24) is 15.2 Å². The summed E-state index contributed by atoms with van der Waals surface area (Å²) in [5, 5.41) is 3.19. The number of piperazine rings is 1. The molecule has 4 heteroatoms. The van der Waals surface area contributed by atoms with E-state index in [9.17, 15) is 0 Å². The first kappa shape index (κ1) is 14.3. The van der Waals surface area contributed by atoms with Gasteiger partial charge in [0, 0.05) is 44.5 Å². The predicted molar refractivity (Wildman–Crippen MR) is 80.5 cm³/mol. The molecule has 1 N–H and O–H groups in total. The Hall–Kier alpha value is -1.13. The van der Waals surface area contributed by atoms with Crippen LogP contribution in [0.25, 0.3) is 0 Å². The molecule has 0 aliphatic carbocycles. The maximum Gasteiger partial charge on any atom is 0.128 e. The van der Waals surface area contributed by atoms with Crippen LogP contribution in [0.4, 0.5) is 5.82 Å². The lowest BCUT2D eigenvalue weighted by Gasteiger charge is -2.42. The highest BCUT2D eigenvalue weighted by atomic mass is 15.3. The third-order valence-electron chi connectivity index (χ3n) is 3.74. The van der Waals surface area contributed by atoms with Gasteiger partial charge < -0.3 is 10.2 Å². The van der Waals surface area contributed by atoms with Gasteiger partial charge in [0.2, 0.25) is 0 Å². The molecule has 0 amide bonds. The Morgan fingerprint density at radius 2 is 1.89 bits per heavy atom. The van der Waals surface area contributed by atoms with Crippen molar-refractivity contribution >= 4 is 5.82 Å². The minimum atomic E-state index is 0.271. The second-order valence-electron chi connectivity index (χ2n) is 6.20. The van der Waals surface area contributed by atoms with Gasteiger partial charge in [-0.25, -0.2) is 4.98 Å². The second-order valence-corrected chi connectivity index (χ2v) is 6.20. The van der Waals surface area contributed by atoms with E-state index in [4.69, 9.17) is 0 Å². The number of rotatable bonds is 3. The maximum atomic E-state index is 4.51. The zero-order chi connectivity index (χ0) is 13.9. The van der Waals surface area contributed by atoms with Crippen molar-refractivity contribution in [3.8, 4) is 0 Å². The summed E-state index contributed by atoms with van der Waals surface area (Å²) in [4.78, 5) is 9.45. The summed E-state index contributed by atoms with van der Waals surface area (Å²) in [6.45, 7) is 12.1. The van der Waals surface area contributed by atoms with Crippen LogP contribution >= 0.6 is 0 Å². The van der Waals surface area contributed by atoms with Gasteiger partial charge in [-0.05, 0) is 45.5 Å². The second kappa shape index (κ2) is 5.88. The summed E-state index contributed by atoms with van der Waals surface area (Å²) in [5.74, 6) is 1.11. The Labute approximate surface area is 116 Å². The minimum absolute atomic E-state index is 0.271. The molecule has 4 nitrogen and oxygen atoms in total. The van der Waals surface area contributed by atoms with Crippen molar-refractivity contribution in [2.75, 3.05) is 38.1 Å². The van der Waals surface area contributed by atoms with Crippen LogP contribution < -0.4 is 10.2 Å². The Bertz CT molecular complexity index is 403. The van der Waals surface area contributed by atoms with Crippen molar-refractivity contribution < 1.29 is 0 Å². The zero-order valence-corrected chi connectivity index (χ0v) is 12.6. The lowest BCUT2D eigenvalue weighted by Crippen LogP contribution is -2.53. The fourth-order valence-corrected chi connectivity index (χ4v) is 2.55. The van der Waals surface area contributed by atoms with Gasteiger partial charge in [0.15, 0.2) is 0 Å². The highest BCUT2D eigenvalue weighted by Gasteiger charge is 2.26. The molecule has 1 saturated heterocycles. The van der Waals surface area contributed by atoms with E-state index < -0.39 is 0 Å². The third kappa shape index (κ3) is 3.67. The number of nitrogens with zero attached hydrogens (tertiary/aromatic N) is 3. The number of hydrogen-bond acceptors (Lipinski definition) is 4. The van der Waals surface area contributed by atoms with E-state index in [-0.39, 0.29) is 5.54 Å². The number of hydrogen-bond donors (Lipinski definition) is 1. The summed E-state index contributed by atoms with van der Waals surface area (Å²) in [6.07, 6.45) is 1.91. The van der Waals surface area contributed by atoms with Gasteiger partial charge in [-0.3, -0.25) is 4.90 Å². The predicted octanol–water partition coefficient (Wildman–Crippen LogP) is 1.72. The number of nitrogens with one attached hydrogen (secondary N) is 1. The van der Waals surface area contributed by atoms with Crippen molar-refractivity contribution in [2.45, 2.75) is 32.9 Å². The first-order chi connectivity index (χ1) is 9.00. The van der Waals surface area contributed by atoms with Crippen LogP contribution in [0, 0.1) is 0 Å². The molecule has 0 atom stereocenters. The normalized spacial score (nSPS) is 17.8. The topological polar surface area (TPSA) is 31.4 Å². The average Bonchev–Trinajstić information content (AvgIpc) is 2.39. The number of pyridine rings is 1. The Morgan fingerprint density at radius 1 is 1.21 bits per heavy atom. The Morgan fingerprint density at radius 3 is 2.47 bits per heavy atom.